The van der Waals surface area contributed by atoms with E-state index in [0.717, 1.165) is 12.8 Å². The highest BCUT2D eigenvalue weighted by atomic mass is 16.2. The van der Waals surface area contributed by atoms with E-state index in [2.05, 4.69) is 5.32 Å². The number of carbonyl (C=O) groups is 3. The van der Waals surface area contributed by atoms with E-state index in [1.165, 1.54) is 4.90 Å². The molecule has 0 aliphatic carbocycles. The largest absolute Gasteiger partial charge is 0.350 e. The first-order valence-electron chi connectivity index (χ1n) is 9.50. The zero-order chi connectivity index (χ0) is 20.3. The fraction of sp³-hybridized carbons (Fsp3) is 0.318. The molecule has 6 nitrogen and oxygen atoms in total. The van der Waals surface area contributed by atoms with Crippen molar-refractivity contribution in [3.8, 4) is 0 Å². The van der Waals surface area contributed by atoms with Crippen LogP contribution >= 0.6 is 0 Å². The van der Waals surface area contributed by atoms with Crippen molar-refractivity contribution in [2.75, 3.05) is 6.54 Å². The topological polar surface area (TPSA) is 92.5 Å². The number of imide groups is 1. The van der Waals surface area contributed by atoms with Gasteiger partial charge in [0.05, 0.1) is 17.7 Å². The highest BCUT2D eigenvalue weighted by molar-refractivity contribution is 6.21. The lowest BCUT2D eigenvalue weighted by Gasteiger charge is -2.26. The normalized spacial score (nSPS) is 13.6. The Kier molecular flexibility index (Phi) is 5.61. The Labute approximate surface area is 164 Å². The maximum Gasteiger partial charge on any atom is 0.261 e. The summed E-state index contributed by atoms with van der Waals surface area (Å²) in [5.41, 5.74) is 7.84. The molecule has 3 rings (SSSR count). The van der Waals surface area contributed by atoms with Crippen molar-refractivity contribution in [1.82, 2.24) is 10.2 Å². The van der Waals surface area contributed by atoms with Crippen LogP contribution in [0.2, 0.25) is 0 Å². The summed E-state index contributed by atoms with van der Waals surface area (Å²) in [5, 5.41) is 2.88. The third kappa shape index (κ3) is 3.82. The maximum absolute atomic E-state index is 12.5. The lowest BCUT2D eigenvalue weighted by atomic mass is 9.94. The Morgan fingerprint density at radius 2 is 1.61 bits per heavy atom. The minimum Gasteiger partial charge on any atom is -0.350 e. The summed E-state index contributed by atoms with van der Waals surface area (Å²) in [7, 11) is 0. The molecule has 0 unspecified atom stereocenters. The van der Waals surface area contributed by atoms with Crippen LogP contribution in [0.4, 0.5) is 0 Å². The highest BCUT2D eigenvalue weighted by Crippen LogP contribution is 2.24. The molecule has 146 valence electrons. The van der Waals surface area contributed by atoms with E-state index in [0.29, 0.717) is 28.8 Å². The number of benzene rings is 2. The number of nitrogens with zero attached hydrogens (tertiary/aromatic N) is 1. The highest BCUT2D eigenvalue weighted by Gasteiger charge is 2.35. The van der Waals surface area contributed by atoms with Crippen LogP contribution < -0.4 is 11.1 Å². The van der Waals surface area contributed by atoms with E-state index in [9.17, 15) is 14.4 Å². The first-order valence-corrected chi connectivity index (χ1v) is 9.50. The van der Waals surface area contributed by atoms with Gasteiger partial charge in [0.25, 0.3) is 17.7 Å². The molecule has 1 aliphatic rings. The molecule has 0 aromatic heterocycles. The molecule has 3 amide bonds. The van der Waals surface area contributed by atoms with Crippen LogP contribution in [0.3, 0.4) is 0 Å². The Morgan fingerprint density at radius 3 is 2.18 bits per heavy atom. The zero-order valence-electron chi connectivity index (χ0n) is 16.2. The molecule has 1 heterocycles. The van der Waals surface area contributed by atoms with Crippen LogP contribution in [-0.4, -0.2) is 34.7 Å². The number of rotatable bonds is 7. The fourth-order valence-corrected chi connectivity index (χ4v) is 3.23. The van der Waals surface area contributed by atoms with Crippen LogP contribution in [0.1, 0.15) is 63.3 Å². The van der Waals surface area contributed by atoms with E-state index in [-0.39, 0.29) is 24.3 Å². The van der Waals surface area contributed by atoms with Gasteiger partial charge >= 0.3 is 0 Å². The molecule has 1 aliphatic heterocycles. The average Bonchev–Trinajstić information content (AvgIpc) is 2.97. The first kappa shape index (κ1) is 19.8. The molecule has 0 saturated carbocycles. The number of fused-ring (bicyclic) bond motifs is 1. The van der Waals surface area contributed by atoms with Gasteiger partial charge in [-0.2, -0.15) is 0 Å². The summed E-state index contributed by atoms with van der Waals surface area (Å²) < 4.78 is 0. The quantitative estimate of drug-likeness (QED) is 0.724. The van der Waals surface area contributed by atoms with E-state index >= 15 is 0 Å². The van der Waals surface area contributed by atoms with Crippen LogP contribution in [0.15, 0.2) is 48.5 Å². The Hall–Kier alpha value is -2.99. The number of nitrogens with two attached hydrogens (primary N) is 1. The van der Waals surface area contributed by atoms with Gasteiger partial charge in [0.1, 0.15) is 0 Å². The number of carbonyl (C=O) groups excluding carboxylic acids is 3. The van der Waals surface area contributed by atoms with Crippen LogP contribution in [0.25, 0.3) is 0 Å². The van der Waals surface area contributed by atoms with Crippen molar-refractivity contribution in [3.63, 3.8) is 0 Å². The minimum atomic E-state index is -0.423. The van der Waals surface area contributed by atoms with Gasteiger partial charge in [-0.15, -0.1) is 0 Å². The van der Waals surface area contributed by atoms with E-state index in [4.69, 9.17) is 5.73 Å². The second-order valence-corrected chi connectivity index (χ2v) is 7.19. The predicted molar refractivity (Wildman–Crippen MR) is 107 cm³/mol. The van der Waals surface area contributed by atoms with Gasteiger partial charge < -0.3 is 11.1 Å². The smallest absolute Gasteiger partial charge is 0.261 e. The molecule has 0 saturated heterocycles. The molecule has 0 fully saturated rings. The number of hydrogen-bond acceptors (Lipinski definition) is 4. The van der Waals surface area contributed by atoms with Gasteiger partial charge in [0.15, 0.2) is 0 Å². The summed E-state index contributed by atoms with van der Waals surface area (Å²) in [6.45, 7) is 4.51. The Balaban J connectivity index is 1.72. The van der Waals surface area contributed by atoms with Gasteiger partial charge in [0, 0.05) is 17.6 Å². The summed E-state index contributed by atoms with van der Waals surface area (Å²) in [6.07, 6.45) is 1.53. The molecule has 0 atom stereocenters. The monoisotopic (exact) mass is 379 g/mol. The summed E-state index contributed by atoms with van der Waals surface area (Å²) >= 11 is 0. The van der Waals surface area contributed by atoms with Gasteiger partial charge in [0.2, 0.25) is 0 Å². The molecule has 0 bridgehead atoms. The molecule has 3 N–H and O–H groups in total. The van der Waals surface area contributed by atoms with Crippen molar-refractivity contribution in [2.45, 2.75) is 38.8 Å². The first-order chi connectivity index (χ1) is 13.4. The molecule has 2 aromatic carbocycles. The Bertz CT molecular complexity index is 884. The van der Waals surface area contributed by atoms with Crippen molar-refractivity contribution >= 4 is 17.7 Å². The lowest BCUT2D eigenvalue weighted by molar-refractivity contribution is 0.0642. The molecule has 2 aromatic rings. The summed E-state index contributed by atoms with van der Waals surface area (Å²) in [5.74, 6) is -0.843. The summed E-state index contributed by atoms with van der Waals surface area (Å²) in [4.78, 5) is 38.8. The maximum atomic E-state index is 12.5. The van der Waals surface area contributed by atoms with Gasteiger partial charge in [-0.25, -0.2) is 0 Å². The summed E-state index contributed by atoms with van der Waals surface area (Å²) in [6, 6.07) is 13.7. The standard InChI is InChI=1S/C22H25N3O3/c1-3-22(23,4-2)14-24-19(26)16-9-7-8-15(12-16)13-25-20(27)17-10-5-6-11-18(17)21(25)28/h5-12H,3-4,13-14,23H2,1-2H3,(H,24,26). The minimum absolute atomic E-state index is 0.123. The van der Waals surface area contributed by atoms with Crippen LogP contribution in [-0.2, 0) is 6.54 Å². The average molecular weight is 379 g/mol. The second kappa shape index (κ2) is 7.94. The van der Waals surface area contributed by atoms with Gasteiger partial charge in [-0.1, -0.05) is 38.1 Å². The molecule has 6 heteroatoms. The zero-order valence-corrected chi connectivity index (χ0v) is 16.2. The molecular formula is C22H25N3O3. The SMILES string of the molecule is CCC(N)(CC)CNC(=O)c1cccc(CN2C(=O)c3ccccc3C2=O)c1. The third-order valence-electron chi connectivity index (χ3n) is 5.42. The number of amides is 3. The van der Waals surface area contributed by atoms with Crippen molar-refractivity contribution < 1.29 is 14.4 Å². The van der Waals surface area contributed by atoms with E-state index in [1.54, 1.807) is 48.5 Å². The van der Waals surface area contributed by atoms with Crippen molar-refractivity contribution in [1.29, 1.82) is 0 Å². The van der Waals surface area contributed by atoms with Crippen molar-refractivity contribution in [3.05, 3.63) is 70.8 Å². The predicted octanol–water partition coefficient (Wildman–Crippen LogP) is 2.73. The van der Waals surface area contributed by atoms with Crippen LogP contribution in [0.5, 0.6) is 0 Å². The molecule has 28 heavy (non-hydrogen) atoms. The van der Waals surface area contributed by atoms with E-state index in [1.807, 2.05) is 13.8 Å². The molecular weight excluding hydrogens is 354 g/mol. The lowest BCUT2D eigenvalue weighted by Crippen LogP contribution is -2.49. The van der Waals surface area contributed by atoms with Crippen LogP contribution in [0, 0.1) is 0 Å². The Morgan fingerprint density at radius 1 is 1.00 bits per heavy atom. The molecule has 0 radical (unpaired) electrons. The number of hydrogen-bond donors (Lipinski definition) is 2. The van der Waals surface area contributed by atoms with E-state index < -0.39 is 5.54 Å². The second-order valence-electron chi connectivity index (χ2n) is 7.19. The number of nitrogens with one attached hydrogen (secondary N) is 1. The van der Waals surface area contributed by atoms with Gasteiger partial charge in [-0.05, 0) is 42.7 Å². The van der Waals surface area contributed by atoms with Gasteiger partial charge in [-0.3, -0.25) is 19.3 Å². The third-order valence-corrected chi connectivity index (χ3v) is 5.42. The molecule has 0 spiro atoms. The van der Waals surface area contributed by atoms with Crippen molar-refractivity contribution in [2.24, 2.45) is 5.73 Å². The fourth-order valence-electron chi connectivity index (χ4n) is 3.23.